The van der Waals surface area contributed by atoms with E-state index in [1.807, 2.05) is 0 Å². The second kappa shape index (κ2) is 6.78. The fourth-order valence-corrected chi connectivity index (χ4v) is 0.171. The molecule has 0 rings (SSSR count). The molecule has 5 N–H and O–H groups in total. The molecule has 0 fully saturated rings. The van der Waals surface area contributed by atoms with Crippen molar-refractivity contribution in [2.75, 3.05) is 6.54 Å². The van der Waals surface area contributed by atoms with Crippen LogP contribution >= 0.6 is 0 Å². The summed E-state index contributed by atoms with van der Waals surface area (Å²) in [6.07, 6.45) is -0.241. The predicted molar refractivity (Wildman–Crippen MR) is 32.4 cm³/mol. The van der Waals surface area contributed by atoms with E-state index >= 15 is 0 Å². The summed E-state index contributed by atoms with van der Waals surface area (Å²) >= 11 is 0. The zero-order chi connectivity index (χ0) is 4.99. The molecule has 0 amide bonds. The standard InChI is InChI=1S/C3H10N2O.Po.2H/c4-2-1-3(5)6;;;/h3,6H,1-2,4-5H2;;;. The number of nitrogens with two attached hydrogens (primary N) is 2. The van der Waals surface area contributed by atoms with Crippen molar-refractivity contribution in [1.82, 2.24) is 0 Å². The molecule has 0 aromatic rings. The third kappa shape index (κ3) is 10.8. The van der Waals surface area contributed by atoms with E-state index in [1.165, 1.54) is 0 Å². The van der Waals surface area contributed by atoms with Gasteiger partial charge in [-0.1, -0.05) is 0 Å². The van der Waals surface area contributed by atoms with Gasteiger partial charge in [-0.15, -0.1) is 0 Å². The Morgan fingerprint density at radius 3 is 2.00 bits per heavy atom. The maximum absolute atomic E-state index is 8.25. The van der Waals surface area contributed by atoms with Crippen LogP contribution in [0.1, 0.15) is 6.42 Å². The number of aliphatic hydroxyl groups excluding tert-OH is 1. The third-order valence-electron chi connectivity index (χ3n) is 0.462. The molecule has 0 aromatic carbocycles. The molecule has 3 nitrogen and oxygen atoms in total. The Morgan fingerprint density at radius 1 is 1.57 bits per heavy atom. The minimum atomic E-state index is -0.727. The van der Waals surface area contributed by atoms with Gasteiger partial charge in [0.1, 0.15) is 6.23 Å². The minimum absolute atomic E-state index is 0. The summed E-state index contributed by atoms with van der Waals surface area (Å²) in [7, 11) is 0. The van der Waals surface area contributed by atoms with E-state index in [9.17, 15) is 0 Å². The summed E-state index contributed by atoms with van der Waals surface area (Å²) in [6, 6.07) is 0. The third-order valence-corrected chi connectivity index (χ3v) is 0.462. The first-order valence-corrected chi connectivity index (χ1v) is 1.91. The Balaban J connectivity index is 0. The van der Waals surface area contributed by atoms with Crippen LogP contribution in [0.4, 0.5) is 0 Å². The van der Waals surface area contributed by atoms with Gasteiger partial charge in [-0.2, -0.15) is 0 Å². The molecular weight excluding hydrogens is 289 g/mol. The maximum atomic E-state index is 8.25. The van der Waals surface area contributed by atoms with E-state index in [0.717, 1.165) is 0 Å². The number of rotatable bonds is 2. The number of aliphatic hydroxyl groups is 1. The average molecular weight is 301 g/mol. The normalized spacial score (nSPS) is 12.4. The van der Waals surface area contributed by atoms with E-state index in [0.29, 0.717) is 13.0 Å². The van der Waals surface area contributed by atoms with Crippen LogP contribution in [0.25, 0.3) is 0 Å². The predicted octanol–water partition coefficient (Wildman–Crippen LogP) is -2.30. The van der Waals surface area contributed by atoms with Crippen LogP contribution in [0.2, 0.25) is 0 Å². The summed E-state index contributed by atoms with van der Waals surface area (Å²) in [4.78, 5) is 0. The van der Waals surface area contributed by atoms with Crippen molar-refractivity contribution in [3.8, 4) is 0 Å². The zero-order valence-electron chi connectivity index (χ0n) is 4.09. The molecule has 0 aliphatic carbocycles. The molecule has 7 heavy (non-hydrogen) atoms. The van der Waals surface area contributed by atoms with Crippen molar-refractivity contribution in [2.45, 2.75) is 12.6 Å². The van der Waals surface area contributed by atoms with Crippen molar-refractivity contribution in [3.63, 3.8) is 0 Å². The van der Waals surface area contributed by atoms with Gasteiger partial charge < -0.3 is 16.6 Å². The number of hydrogen-bond donors (Lipinski definition) is 3. The second-order valence-corrected chi connectivity index (χ2v) is 1.14. The topological polar surface area (TPSA) is 72.3 Å². The first-order valence-electron chi connectivity index (χ1n) is 1.91. The van der Waals surface area contributed by atoms with Gasteiger partial charge in [0.05, 0.1) is 0 Å². The summed E-state index contributed by atoms with van der Waals surface area (Å²) in [5.74, 6) is 0. The molecule has 0 saturated heterocycles. The van der Waals surface area contributed by atoms with E-state index in [1.54, 1.807) is 0 Å². The zero-order valence-corrected chi connectivity index (χ0v) is 7.98. The summed E-state index contributed by atoms with van der Waals surface area (Å²) in [6.45, 7) is 0.456. The van der Waals surface area contributed by atoms with Gasteiger partial charge in [-0.05, 0) is 13.0 Å². The van der Waals surface area contributed by atoms with Crippen LogP contribution in [0.5, 0.6) is 0 Å². The Bertz CT molecular complexity index is 34.1. The van der Waals surface area contributed by atoms with Gasteiger partial charge in [-0.25, -0.2) is 0 Å². The molecular formula is C3H12N2OPo. The van der Waals surface area contributed by atoms with E-state index in [-0.39, 0.29) is 26.6 Å². The Hall–Kier alpha value is 0.776. The van der Waals surface area contributed by atoms with Crippen LogP contribution in [0.3, 0.4) is 0 Å². The van der Waals surface area contributed by atoms with Gasteiger partial charge in [-0.3, -0.25) is 0 Å². The fraction of sp³-hybridized carbons (Fsp3) is 1.00. The first kappa shape index (κ1) is 10.7. The van der Waals surface area contributed by atoms with Gasteiger partial charge in [0.15, 0.2) is 0 Å². The second-order valence-electron chi connectivity index (χ2n) is 1.14. The molecule has 0 aromatic heterocycles. The monoisotopic (exact) mass is 301 g/mol. The molecule has 0 heterocycles. The van der Waals surface area contributed by atoms with Gasteiger partial charge in [0, 0.05) is 0 Å². The Kier molecular flexibility index (Phi) is 10.4. The van der Waals surface area contributed by atoms with Crippen LogP contribution in [-0.2, 0) is 0 Å². The SMILES string of the molecule is NCCC(N)O.[PoH2]. The van der Waals surface area contributed by atoms with Crippen LogP contribution in [0.15, 0.2) is 0 Å². The summed E-state index contributed by atoms with van der Waals surface area (Å²) < 4.78 is 0. The van der Waals surface area contributed by atoms with Gasteiger partial charge in [0.25, 0.3) is 0 Å². The molecule has 1 unspecified atom stereocenters. The van der Waals surface area contributed by atoms with Crippen molar-refractivity contribution >= 4 is 26.6 Å². The molecule has 1 atom stereocenters. The molecule has 0 aliphatic heterocycles. The van der Waals surface area contributed by atoms with E-state index in [2.05, 4.69) is 0 Å². The average Bonchev–Trinajstić information content (AvgIpc) is 1.35. The van der Waals surface area contributed by atoms with Crippen molar-refractivity contribution in [3.05, 3.63) is 0 Å². The van der Waals surface area contributed by atoms with E-state index < -0.39 is 6.23 Å². The molecule has 0 spiro atoms. The molecule has 0 radical (unpaired) electrons. The molecule has 46 valence electrons. The van der Waals surface area contributed by atoms with Crippen molar-refractivity contribution in [1.29, 1.82) is 0 Å². The summed E-state index contributed by atoms with van der Waals surface area (Å²) in [5, 5.41) is 8.25. The van der Waals surface area contributed by atoms with E-state index in [4.69, 9.17) is 16.6 Å². The van der Waals surface area contributed by atoms with Crippen LogP contribution in [-0.4, -0.2) is 44.4 Å². The Labute approximate surface area is 62.5 Å². The van der Waals surface area contributed by atoms with Crippen molar-refractivity contribution < 1.29 is 5.11 Å². The van der Waals surface area contributed by atoms with Crippen LogP contribution < -0.4 is 11.5 Å². The molecule has 0 aliphatic rings. The van der Waals surface area contributed by atoms with Gasteiger partial charge in [0.2, 0.25) is 0 Å². The molecule has 4 heteroatoms. The van der Waals surface area contributed by atoms with Gasteiger partial charge >= 0.3 is 26.6 Å². The first-order chi connectivity index (χ1) is 2.77. The fourth-order valence-electron chi connectivity index (χ4n) is 0.171. The number of hydrogen-bond acceptors (Lipinski definition) is 3. The Morgan fingerprint density at radius 2 is 2.00 bits per heavy atom. The molecule has 0 bridgehead atoms. The summed E-state index contributed by atoms with van der Waals surface area (Å²) in [5.41, 5.74) is 9.87. The quantitative estimate of drug-likeness (QED) is 0.502. The van der Waals surface area contributed by atoms with Crippen molar-refractivity contribution in [2.24, 2.45) is 11.5 Å². The molecule has 0 saturated carbocycles. The van der Waals surface area contributed by atoms with Crippen LogP contribution in [0, 0.1) is 0 Å².